The molecule has 7 aromatic carbocycles. The summed E-state index contributed by atoms with van der Waals surface area (Å²) in [7, 11) is 0. The van der Waals surface area contributed by atoms with E-state index in [0.29, 0.717) is 0 Å². The second-order valence-corrected chi connectivity index (χ2v) is 16.9. The molecule has 12 rings (SSSR count). The fraction of sp³-hybridized carbons (Fsp3) is 0. The van der Waals surface area contributed by atoms with Gasteiger partial charge in [-0.15, -0.1) is 0 Å². The summed E-state index contributed by atoms with van der Waals surface area (Å²) in [5, 5.41) is 2.54. The van der Waals surface area contributed by atoms with Crippen molar-refractivity contribution in [2.45, 2.75) is 0 Å². The summed E-state index contributed by atoms with van der Waals surface area (Å²) in [6.45, 7) is -0.0393. The Morgan fingerprint density at radius 2 is 0.929 bits per heavy atom. The number of anilines is 3. The van der Waals surface area contributed by atoms with Crippen molar-refractivity contribution in [2.24, 2.45) is 0 Å². The molecule has 2 aliphatic heterocycles. The van der Waals surface area contributed by atoms with Crippen molar-refractivity contribution in [3.63, 3.8) is 0 Å². The van der Waals surface area contributed by atoms with E-state index < -0.39 is 0 Å². The maximum atomic E-state index is 2.56. The molecular weight excluding hydrogens is 746 g/mol. The third kappa shape index (κ3) is 4.80. The van der Waals surface area contributed by atoms with Crippen LogP contribution in [0.4, 0.5) is 17.2 Å². The standard InChI is InChI=1S/C50H33BN4Se/c1-4-14-34(15-5-1)37-24-26-40(27-25-37)55-46-30-41(54-44-22-12-10-20-42(44)43-21-11-13-23-45(43)54)31-47-50(46)51(52-32-38(28-48(52)55)35-16-6-2-7-17-35)53-33-39(29-49(53)56-47)36-18-8-3-9-19-36/h1-33H. The summed E-state index contributed by atoms with van der Waals surface area (Å²) in [6, 6.07) is 68.9. The van der Waals surface area contributed by atoms with Crippen LogP contribution in [-0.4, -0.2) is 35.5 Å². The topological polar surface area (TPSA) is 18.0 Å². The van der Waals surface area contributed by atoms with E-state index in [2.05, 4.69) is 219 Å². The predicted octanol–water partition coefficient (Wildman–Crippen LogP) is 9.93. The Hall–Kier alpha value is -6.72. The van der Waals surface area contributed by atoms with E-state index >= 15 is 0 Å². The average molecular weight is 780 g/mol. The minimum atomic E-state index is -0.0393. The fourth-order valence-electron chi connectivity index (χ4n) is 8.96. The molecule has 0 aliphatic carbocycles. The van der Waals surface area contributed by atoms with Crippen LogP contribution in [0.5, 0.6) is 0 Å². The number of nitrogens with zero attached hydrogens (tertiary/aromatic N) is 4. The van der Waals surface area contributed by atoms with E-state index in [1.54, 1.807) is 0 Å². The Morgan fingerprint density at radius 1 is 0.411 bits per heavy atom. The molecule has 10 aromatic rings. The van der Waals surface area contributed by atoms with Gasteiger partial charge >= 0.3 is 333 Å². The Kier molecular flexibility index (Phi) is 7.00. The molecule has 0 spiro atoms. The molecule has 56 heavy (non-hydrogen) atoms. The normalized spacial score (nSPS) is 12.9. The molecule has 3 aromatic heterocycles. The minimum absolute atomic E-state index is 0.0393. The Morgan fingerprint density at radius 3 is 1.55 bits per heavy atom. The van der Waals surface area contributed by atoms with Crippen molar-refractivity contribution in [3.8, 4) is 39.1 Å². The number of fused-ring (bicyclic) bond motifs is 7. The zero-order valence-electron chi connectivity index (χ0n) is 30.3. The Labute approximate surface area is 331 Å². The summed E-state index contributed by atoms with van der Waals surface area (Å²) < 4.78 is 10.3. The maximum absolute atomic E-state index is 2.56. The molecule has 0 fully saturated rings. The number of hydrogen-bond donors (Lipinski definition) is 0. The summed E-state index contributed by atoms with van der Waals surface area (Å²) >= 11 is 0.0537. The zero-order valence-corrected chi connectivity index (χ0v) is 32.0. The van der Waals surface area contributed by atoms with Crippen LogP contribution < -0.4 is 19.4 Å². The molecule has 0 unspecified atom stereocenters. The summed E-state index contributed by atoms with van der Waals surface area (Å²) in [5.41, 5.74) is 14.7. The van der Waals surface area contributed by atoms with Crippen LogP contribution >= 0.6 is 0 Å². The molecule has 0 N–H and O–H groups in total. The van der Waals surface area contributed by atoms with Crippen molar-refractivity contribution in [1.29, 1.82) is 0 Å². The molecule has 0 radical (unpaired) electrons. The van der Waals surface area contributed by atoms with Gasteiger partial charge in [-0.25, -0.2) is 0 Å². The third-order valence-corrected chi connectivity index (χ3v) is 13.8. The molecule has 0 bridgehead atoms. The number of aromatic nitrogens is 3. The van der Waals surface area contributed by atoms with Crippen LogP contribution in [0.2, 0.25) is 0 Å². The van der Waals surface area contributed by atoms with Crippen LogP contribution in [0.25, 0.3) is 60.9 Å². The molecule has 5 heterocycles. The molecule has 0 saturated carbocycles. The number of hydrogen-bond acceptors (Lipinski definition) is 1. The van der Waals surface area contributed by atoms with Crippen LogP contribution in [0, 0.1) is 0 Å². The number of benzene rings is 7. The Bertz CT molecular complexity index is 3050. The first-order valence-electron chi connectivity index (χ1n) is 19.1. The van der Waals surface area contributed by atoms with Gasteiger partial charge < -0.3 is 0 Å². The first kappa shape index (κ1) is 31.6. The molecule has 0 saturated heterocycles. The van der Waals surface area contributed by atoms with Crippen molar-refractivity contribution in [2.75, 3.05) is 4.90 Å². The number of para-hydroxylation sites is 2. The van der Waals surface area contributed by atoms with Gasteiger partial charge in [0.1, 0.15) is 0 Å². The first-order valence-corrected chi connectivity index (χ1v) is 20.8. The van der Waals surface area contributed by atoms with E-state index in [1.165, 1.54) is 81.1 Å². The van der Waals surface area contributed by atoms with Crippen molar-refractivity contribution >= 4 is 75.5 Å². The Balaban J connectivity index is 1.14. The summed E-state index contributed by atoms with van der Waals surface area (Å²) in [5.74, 6) is 1.15. The second kappa shape index (κ2) is 12.4. The van der Waals surface area contributed by atoms with E-state index in [-0.39, 0.29) is 21.9 Å². The zero-order chi connectivity index (χ0) is 36.7. The van der Waals surface area contributed by atoms with Gasteiger partial charge in [-0.2, -0.15) is 0 Å². The van der Waals surface area contributed by atoms with Crippen LogP contribution in [0.15, 0.2) is 200 Å². The first-order chi connectivity index (χ1) is 27.8. The van der Waals surface area contributed by atoms with Crippen LogP contribution in [0.1, 0.15) is 0 Å². The van der Waals surface area contributed by atoms with Crippen LogP contribution in [0.3, 0.4) is 0 Å². The molecule has 262 valence electrons. The molecule has 4 nitrogen and oxygen atoms in total. The van der Waals surface area contributed by atoms with E-state index in [4.69, 9.17) is 0 Å². The van der Waals surface area contributed by atoms with Crippen molar-refractivity contribution in [3.05, 3.63) is 200 Å². The number of rotatable bonds is 5. The van der Waals surface area contributed by atoms with E-state index in [9.17, 15) is 0 Å². The van der Waals surface area contributed by atoms with Gasteiger partial charge in [-0.05, 0) is 0 Å². The second-order valence-electron chi connectivity index (χ2n) is 14.7. The van der Waals surface area contributed by atoms with E-state index in [1.807, 2.05) is 0 Å². The third-order valence-electron chi connectivity index (χ3n) is 11.5. The SMILES string of the molecule is c1ccc(-c2ccc(N3c4cc(-n5c6ccccc6c6ccccc65)cc5c4B(n4cc(-c6ccccc6)cc4[Se]5)n4cc(-c5ccccc5)cc43)cc2)cc1. The molecule has 0 amide bonds. The van der Waals surface area contributed by atoms with Crippen molar-refractivity contribution < 1.29 is 0 Å². The average Bonchev–Trinajstić information content (AvgIpc) is 3.99. The fourth-order valence-corrected chi connectivity index (χ4v) is 11.4. The monoisotopic (exact) mass is 780 g/mol. The van der Waals surface area contributed by atoms with Gasteiger partial charge in [-0.3, -0.25) is 0 Å². The molecular formula is C50H33BN4Se. The van der Waals surface area contributed by atoms with Gasteiger partial charge in [0.2, 0.25) is 0 Å². The summed E-state index contributed by atoms with van der Waals surface area (Å²) in [6.07, 6.45) is 4.76. The quantitative estimate of drug-likeness (QED) is 0.159. The van der Waals surface area contributed by atoms with Crippen LogP contribution in [-0.2, 0) is 0 Å². The predicted molar refractivity (Wildman–Crippen MR) is 235 cm³/mol. The van der Waals surface area contributed by atoms with Gasteiger partial charge in [0.25, 0.3) is 0 Å². The molecule has 0 atom stereocenters. The van der Waals surface area contributed by atoms with Gasteiger partial charge in [0, 0.05) is 0 Å². The summed E-state index contributed by atoms with van der Waals surface area (Å²) in [4.78, 5) is 2.51. The molecule has 2 aliphatic rings. The molecule has 6 heteroatoms. The van der Waals surface area contributed by atoms with Gasteiger partial charge in [-0.1, -0.05) is 0 Å². The van der Waals surface area contributed by atoms with Crippen molar-refractivity contribution in [1.82, 2.24) is 13.5 Å². The van der Waals surface area contributed by atoms with E-state index in [0.717, 1.165) is 11.5 Å². The van der Waals surface area contributed by atoms with Gasteiger partial charge in [0.15, 0.2) is 0 Å². The van der Waals surface area contributed by atoms with Gasteiger partial charge in [0.05, 0.1) is 0 Å².